The Kier molecular flexibility index (Phi) is 5.36. The van der Waals surface area contributed by atoms with Crippen LogP contribution in [-0.4, -0.2) is 15.3 Å². The van der Waals surface area contributed by atoms with Gasteiger partial charge in [0, 0.05) is 0 Å². The molecular weight excluding hydrogens is 405 g/mol. The molecule has 0 amide bonds. The van der Waals surface area contributed by atoms with Gasteiger partial charge in [0.05, 0.1) is 0 Å². The molecule has 0 radical (unpaired) electrons. The molecule has 2 N–H and O–H groups in total. The summed E-state index contributed by atoms with van der Waals surface area (Å²) in [5.41, 5.74) is 7.03. The summed E-state index contributed by atoms with van der Waals surface area (Å²) in [6, 6.07) is 2.02. The minimum absolute atomic E-state index is 0.00398. The third kappa shape index (κ3) is 3.93. The fourth-order valence-corrected chi connectivity index (χ4v) is 5.80. The normalized spacial score (nSPS) is 13.6. The van der Waals surface area contributed by atoms with E-state index in [4.69, 9.17) is 10.2 Å². The Hall–Kier alpha value is 0.999. The third-order valence-electron chi connectivity index (χ3n) is 1.83. The molecule has 0 saturated carbocycles. The van der Waals surface area contributed by atoms with Crippen LogP contribution in [0.25, 0.3) is 0 Å². The maximum atomic E-state index is 5.77. The molecular formula is C8H13Br2NOSn. The zero-order valence-electron chi connectivity index (χ0n) is 7.47. The average molecular weight is 418 g/mol. The standard InChI is InChI=1S/C8H12NO.2BrH.Sn.H/c1-3-7-4-5-10-8(7)6(2)9;;;;/h4-6H,1,3,9H2,2H3;2*1H;;/q;;;+2;/p-2. The van der Waals surface area contributed by atoms with E-state index in [1.54, 1.807) is 6.26 Å². The fourth-order valence-electron chi connectivity index (χ4n) is 1.22. The average Bonchev–Trinajstić information content (AvgIpc) is 2.47. The van der Waals surface area contributed by atoms with Gasteiger partial charge < -0.3 is 0 Å². The molecule has 13 heavy (non-hydrogen) atoms. The van der Waals surface area contributed by atoms with Crippen molar-refractivity contribution >= 4 is 40.7 Å². The van der Waals surface area contributed by atoms with Crippen molar-refractivity contribution in [1.82, 2.24) is 0 Å². The van der Waals surface area contributed by atoms with Crippen molar-refractivity contribution in [2.24, 2.45) is 5.73 Å². The van der Waals surface area contributed by atoms with Crippen LogP contribution in [0.3, 0.4) is 0 Å². The fraction of sp³-hybridized carbons (Fsp3) is 0.500. The van der Waals surface area contributed by atoms with Crippen LogP contribution in [0.1, 0.15) is 24.3 Å². The van der Waals surface area contributed by atoms with Gasteiger partial charge in [-0.1, -0.05) is 0 Å². The van der Waals surface area contributed by atoms with Crippen molar-refractivity contribution < 1.29 is 4.42 Å². The predicted octanol–water partition coefficient (Wildman–Crippen LogP) is 2.85. The van der Waals surface area contributed by atoms with Gasteiger partial charge in [-0.25, -0.2) is 0 Å². The van der Waals surface area contributed by atoms with Gasteiger partial charge in [0.25, 0.3) is 0 Å². The van der Waals surface area contributed by atoms with E-state index in [0.717, 1.165) is 12.2 Å². The first-order valence-electron chi connectivity index (χ1n) is 4.21. The maximum absolute atomic E-state index is 5.77. The Morgan fingerprint density at radius 1 is 1.62 bits per heavy atom. The van der Waals surface area contributed by atoms with Gasteiger partial charge in [-0.3, -0.25) is 0 Å². The minimum atomic E-state index is -1.43. The van der Waals surface area contributed by atoms with Crippen LogP contribution >= 0.6 is 25.4 Å². The first-order chi connectivity index (χ1) is 6.11. The van der Waals surface area contributed by atoms with Crippen molar-refractivity contribution in [3.63, 3.8) is 0 Å². The number of nitrogens with two attached hydrogens (primary N) is 1. The van der Waals surface area contributed by atoms with Gasteiger partial charge >= 0.3 is 98.4 Å². The Morgan fingerprint density at radius 3 is 2.85 bits per heavy atom. The second-order valence-corrected chi connectivity index (χ2v) is 30.0. The molecule has 74 valence electrons. The van der Waals surface area contributed by atoms with Crippen molar-refractivity contribution in [2.45, 2.75) is 23.8 Å². The summed E-state index contributed by atoms with van der Waals surface area (Å²) in [4.78, 5) is 0. The molecule has 0 aromatic carbocycles. The number of hydrogen-bond donors (Lipinski definition) is 1. The summed E-state index contributed by atoms with van der Waals surface area (Å²) >= 11 is 5.86. The van der Waals surface area contributed by atoms with Gasteiger partial charge in [0.1, 0.15) is 0 Å². The van der Waals surface area contributed by atoms with Crippen LogP contribution in [0, 0.1) is 0 Å². The molecule has 0 spiro atoms. The molecule has 0 bridgehead atoms. The first-order valence-corrected chi connectivity index (χ1v) is 21.3. The summed E-state index contributed by atoms with van der Waals surface area (Å²) in [5.74, 6) is 0.937. The van der Waals surface area contributed by atoms with Crippen LogP contribution < -0.4 is 5.73 Å². The molecule has 1 unspecified atom stereocenters. The molecule has 5 heteroatoms. The van der Waals surface area contributed by atoms with Gasteiger partial charge in [0.2, 0.25) is 0 Å². The number of rotatable bonds is 4. The summed E-state index contributed by atoms with van der Waals surface area (Å²) in [7, 11) is 0. The molecule has 0 aliphatic rings. The topological polar surface area (TPSA) is 39.2 Å². The van der Waals surface area contributed by atoms with Crippen molar-refractivity contribution in [2.75, 3.05) is 0 Å². The molecule has 1 heterocycles. The molecule has 0 saturated heterocycles. The molecule has 1 atom stereocenters. The van der Waals surface area contributed by atoms with Crippen LogP contribution in [0.4, 0.5) is 0 Å². The van der Waals surface area contributed by atoms with Gasteiger partial charge in [-0.2, -0.15) is 0 Å². The summed E-state index contributed by atoms with van der Waals surface area (Å²) in [5, 5.41) is 0. The molecule has 0 aliphatic heterocycles. The van der Waals surface area contributed by atoms with Crippen LogP contribution in [-0.2, 0) is 6.42 Å². The molecule has 1 aromatic rings. The van der Waals surface area contributed by atoms with E-state index in [9.17, 15) is 0 Å². The molecule has 0 aliphatic carbocycles. The number of aryl methyl sites for hydroxylation is 1. The van der Waals surface area contributed by atoms with Crippen molar-refractivity contribution in [3.8, 4) is 0 Å². The Labute approximate surface area is 97.5 Å². The van der Waals surface area contributed by atoms with E-state index < -0.39 is 15.3 Å². The number of furan rings is 1. The molecule has 2 nitrogen and oxygen atoms in total. The SMILES string of the molecule is CC(N)c1occc1C[CH2][SnH]([Br])[Br]. The molecule has 1 rings (SSSR count). The summed E-state index contributed by atoms with van der Waals surface area (Å²) in [6.07, 6.45) is 2.80. The van der Waals surface area contributed by atoms with Crippen LogP contribution in [0.15, 0.2) is 16.7 Å². The second kappa shape index (κ2) is 5.78. The van der Waals surface area contributed by atoms with E-state index in [-0.39, 0.29) is 6.04 Å². The van der Waals surface area contributed by atoms with Crippen LogP contribution in [0.2, 0.25) is 4.44 Å². The number of hydrogen-bond acceptors (Lipinski definition) is 2. The summed E-state index contributed by atoms with van der Waals surface area (Å²) in [6.45, 7) is 1.95. The van der Waals surface area contributed by atoms with E-state index >= 15 is 0 Å². The predicted molar refractivity (Wildman–Crippen MR) is 64.8 cm³/mol. The van der Waals surface area contributed by atoms with E-state index in [1.165, 1.54) is 10.0 Å². The van der Waals surface area contributed by atoms with Crippen molar-refractivity contribution in [3.05, 3.63) is 23.7 Å². The van der Waals surface area contributed by atoms with E-state index in [1.807, 2.05) is 13.0 Å². The quantitative estimate of drug-likeness (QED) is 0.765. The monoisotopic (exact) mass is 417 g/mol. The first kappa shape index (κ1) is 12.1. The Balaban J connectivity index is 2.60. The van der Waals surface area contributed by atoms with Crippen LogP contribution in [0.5, 0.6) is 0 Å². The van der Waals surface area contributed by atoms with Gasteiger partial charge in [-0.15, -0.1) is 0 Å². The Bertz CT molecular complexity index is 262. The zero-order chi connectivity index (χ0) is 9.84. The van der Waals surface area contributed by atoms with E-state index in [2.05, 4.69) is 25.4 Å². The molecule has 0 fully saturated rings. The molecule has 1 aromatic heterocycles. The Morgan fingerprint density at radius 2 is 2.31 bits per heavy atom. The van der Waals surface area contributed by atoms with Gasteiger partial charge in [-0.05, 0) is 0 Å². The number of halogens is 2. The van der Waals surface area contributed by atoms with E-state index in [0.29, 0.717) is 0 Å². The van der Waals surface area contributed by atoms with Crippen molar-refractivity contribution in [1.29, 1.82) is 0 Å². The zero-order valence-corrected chi connectivity index (χ0v) is 13.9. The van der Waals surface area contributed by atoms with Gasteiger partial charge in [0.15, 0.2) is 0 Å². The third-order valence-corrected chi connectivity index (χ3v) is 10.0. The second-order valence-electron chi connectivity index (χ2n) is 3.03. The summed E-state index contributed by atoms with van der Waals surface area (Å²) < 4.78 is 6.56.